The largest absolute Gasteiger partial charge is 0.312 e. The molecule has 0 fully saturated rings. The lowest BCUT2D eigenvalue weighted by atomic mass is 10.0. The van der Waals surface area contributed by atoms with E-state index in [1.54, 1.807) is 4.57 Å². The fraction of sp³-hybridized carbons (Fsp3) is 0.421. The zero-order valence-corrected chi connectivity index (χ0v) is 14.2. The zero-order chi connectivity index (χ0) is 16.3. The maximum Gasteiger partial charge on any atom is 0.255 e. The maximum atomic E-state index is 12.6. The molecule has 0 amide bonds. The molecule has 0 unspecified atom stereocenters. The van der Waals surface area contributed by atoms with Crippen LogP contribution in [-0.4, -0.2) is 11.1 Å². The van der Waals surface area contributed by atoms with E-state index in [1.807, 2.05) is 13.1 Å². The molecule has 1 aromatic carbocycles. The van der Waals surface area contributed by atoms with E-state index < -0.39 is 0 Å². The molecule has 0 saturated heterocycles. The van der Waals surface area contributed by atoms with Crippen LogP contribution in [0.15, 0.2) is 35.1 Å². The van der Waals surface area contributed by atoms with Crippen molar-refractivity contribution in [2.75, 3.05) is 6.54 Å². The molecule has 118 valence electrons. The van der Waals surface area contributed by atoms with E-state index in [1.165, 1.54) is 11.1 Å². The molecule has 0 aliphatic rings. The molecule has 0 spiro atoms. The number of rotatable bonds is 5. The molecule has 3 heteroatoms. The normalized spacial score (nSPS) is 11.2. The Morgan fingerprint density at radius 1 is 1.14 bits per heavy atom. The number of hydrogen-bond acceptors (Lipinski definition) is 2. The van der Waals surface area contributed by atoms with Crippen molar-refractivity contribution in [3.8, 4) is 11.3 Å². The number of aromatic nitrogens is 1. The van der Waals surface area contributed by atoms with Crippen molar-refractivity contribution in [3.05, 3.63) is 57.4 Å². The standard InChI is InChI=1S/C19H26N2O/c1-13(2)11-20-12-16-8-9-18(21(5)19(16)22)17-10-14(3)6-7-15(17)4/h6-10,13,20H,11-12H2,1-5H3. The summed E-state index contributed by atoms with van der Waals surface area (Å²) in [7, 11) is 1.85. The first-order valence-corrected chi connectivity index (χ1v) is 7.87. The third kappa shape index (κ3) is 3.66. The van der Waals surface area contributed by atoms with Crippen LogP contribution in [0.3, 0.4) is 0 Å². The van der Waals surface area contributed by atoms with Crippen LogP contribution in [0.4, 0.5) is 0 Å². The van der Waals surface area contributed by atoms with Crippen molar-refractivity contribution >= 4 is 0 Å². The van der Waals surface area contributed by atoms with Gasteiger partial charge in [-0.05, 0) is 44.0 Å². The second-order valence-electron chi connectivity index (χ2n) is 6.45. The molecule has 1 aromatic heterocycles. The van der Waals surface area contributed by atoms with Crippen LogP contribution < -0.4 is 10.9 Å². The van der Waals surface area contributed by atoms with Gasteiger partial charge in [-0.15, -0.1) is 0 Å². The summed E-state index contributed by atoms with van der Waals surface area (Å²) in [4.78, 5) is 12.6. The Bertz CT molecular complexity index is 714. The van der Waals surface area contributed by atoms with E-state index in [4.69, 9.17) is 0 Å². The molecule has 0 radical (unpaired) electrons. The highest BCUT2D eigenvalue weighted by Crippen LogP contribution is 2.23. The summed E-state index contributed by atoms with van der Waals surface area (Å²) in [6.45, 7) is 10.0. The van der Waals surface area contributed by atoms with Crippen LogP contribution in [0.2, 0.25) is 0 Å². The summed E-state index contributed by atoms with van der Waals surface area (Å²) in [5, 5.41) is 3.34. The van der Waals surface area contributed by atoms with Gasteiger partial charge in [0.2, 0.25) is 0 Å². The molecule has 22 heavy (non-hydrogen) atoms. The Morgan fingerprint density at radius 2 is 1.86 bits per heavy atom. The minimum Gasteiger partial charge on any atom is -0.312 e. The lowest BCUT2D eigenvalue weighted by molar-refractivity contribution is 0.549. The lowest BCUT2D eigenvalue weighted by Crippen LogP contribution is -2.28. The highest BCUT2D eigenvalue weighted by Gasteiger charge is 2.10. The Morgan fingerprint density at radius 3 is 2.55 bits per heavy atom. The Labute approximate surface area is 133 Å². The summed E-state index contributed by atoms with van der Waals surface area (Å²) in [6.07, 6.45) is 0. The summed E-state index contributed by atoms with van der Waals surface area (Å²) < 4.78 is 1.76. The number of nitrogens with zero attached hydrogens (tertiary/aromatic N) is 1. The number of hydrogen-bond donors (Lipinski definition) is 1. The number of benzene rings is 1. The smallest absolute Gasteiger partial charge is 0.255 e. The van der Waals surface area contributed by atoms with Crippen LogP contribution in [0, 0.1) is 19.8 Å². The van der Waals surface area contributed by atoms with Gasteiger partial charge < -0.3 is 9.88 Å². The van der Waals surface area contributed by atoms with Gasteiger partial charge in [0.1, 0.15) is 0 Å². The molecule has 2 rings (SSSR count). The molecule has 0 bridgehead atoms. The first-order valence-electron chi connectivity index (χ1n) is 7.87. The van der Waals surface area contributed by atoms with Crippen molar-refractivity contribution in [1.29, 1.82) is 0 Å². The Hall–Kier alpha value is -1.87. The SMILES string of the molecule is Cc1ccc(C)c(-c2ccc(CNCC(C)C)c(=O)n2C)c1. The molecular formula is C19H26N2O. The second-order valence-corrected chi connectivity index (χ2v) is 6.45. The average molecular weight is 298 g/mol. The molecule has 0 aliphatic carbocycles. The van der Waals surface area contributed by atoms with Gasteiger partial charge in [0, 0.05) is 24.7 Å². The van der Waals surface area contributed by atoms with E-state index in [2.05, 4.69) is 57.3 Å². The third-order valence-electron chi connectivity index (χ3n) is 3.92. The highest BCUT2D eigenvalue weighted by molar-refractivity contribution is 5.65. The number of aryl methyl sites for hydroxylation is 2. The fourth-order valence-corrected chi connectivity index (χ4v) is 2.60. The number of nitrogens with one attached hydrogen (secondary N) is 1. The topological polar surface area (TPSA) is 34.0 Å². The van der Waals surface area contributed by atoms with Gasteiger partial charge >= 0.3 is 0 Å². The predicted molar refractivity (Wildman–Crippen MR) is 93.1 cm³/mol. The van der Waals surface area contributed by atoms with Gasteiger partial charge in [-0.2, -0.15) is 0 Å². The molecule has 1 N–H and O–H groups in total. The maximum absolute atomic E-state index is 12.6. The minimum atomic E-state index is 0.0784. The molecule has 3 nitrogen and oxygen atoms in total. The summed E-state index contributed by atoms with van der Waals surface area (Å²) in [5.41, 5.74) is 5.38. The van der Waals surface area contributed by atoms with Gasteiger partial charge in [-0.3, -0.25) is 4.79 Å². The Balaban J connectivity index is 2.34. The summed E-state index contributed by atoms with van der Waals surface area (Å²) >= 11 is 0. The van der Waals surface area contributed by atoms with Crippen molar-refractivity contribution in [3.63, 3.8) is 0 Å². The van der Waals surface area contributed by atoms with E-state index in [0.29, 0.717) is 12.5 Å². The van der Waals surface area contributed by atoms with Gasteiger partial charge in [0.05, 0.1) is 5.69 Å². The third-order valence-corrected chi connectivity index (χ3v) is 3.92. The van der Waals surface area contributed by atoms with Crippen LogP contribution >= 0.6 is 0 Å². The van der Waals surface area contributed by atoms with Crippen LogP contribution in [0.25, 0.3) is 11.3 Å². The first kappa shape index (κ1) is 16.5. The highest BCUT2D eigenvalue weighted by atomic mass is 16.1. The predicted octanol–water partition coefficient (Wildman–Crippen LogP) is 3.41. The molecule has 2 aromatic rings. The van der Waals surface area contributed by atoms with E-state index >= 15 is 0 Å². The monoisotopic (exact) mass is 298 g/mol. The van der Waals surface area contributed by atoms with Crippen molar-refractivity contribution in [1.82, 2.24) is 9.88 Å². The van der Waals surface area contributed by atoms with Gasteiger partial charge in [0.25, 0.3) is 5.56 Å². The molecule has 0 aliphatic heterocycles. The van der Waals surface area contributed by atoms with Crippen LogP contribution in [-0.2, 0) is 13.6 Å². The van der Waals surface area contributed by atoms with Crippen molar-refractivity contribution in [2.45, 2.75) is 34.2 Å². The zero-order valence-electron chi connectivity index (χ0n) is 14.2. The van der Waals surface area contributed by atoms with Crippen LogP contribution in [0.1, 0.15) is 30.5 Å². The van der Waals surface area contributed by atoms with E-state index in [-0.39, 0.29) is 5.56 Å². The Kier molecular flexibility index (Phi) is 5.19. The van der Waals surface area contributed by atoms with Gasteiger partial charge in [-0.1, -0.05) is 37.6 Å². The second kappa shape index (κ2) is 6.93. The van der Waals surface area contributed by atoms with Crippen molar-refractivity contribution < 1.29 is 0 Å². The van der Waals surface area contributed by atoms with E-state index in [0.717, 1.165) is 23.4 Å². The molecule has 0 saturated carbocycles. The lowest BCUT2D eigenvalue weighted by Gasteiger charge is -2.14. The van der Waals surface area contributed by atoms with Crippen molar-refractivity contribution in [2.24, 2.45) is 13.0 Å². The molecule has 0 atom stereocenters. The first-order chi connectivity index (χ1) is 10.4. The quantitative estimate of drug-likeness (QED) is 0.918. The number of pyridine rings is 1. The van der Waals surface area contributed by atoms with E-state index in [9.17, 15) is 4.79 Å². The van der Waals surface area contributed by atoms with Crippen LogP contribution in [0.5, 0.6) is 0 Å². The summed E-state index contributed by atoms with van der Waals surface area (Å²) in [6, 6.07) is 10.3. The van der Waals surface area contributed by atoms with Gasteiger partial charge in [0.15, 0.2) is 0 Å². The van der Waals surface area contributed by atoms with Gasteiger partial charge in [-0.25, -0.2) is 0 Å². The average Bonchev–Trinajstić information content (AvgIpc) is 2.46. The summed E-state index contributed by atoms with van der Waals surface area (Å²) in [5.74, 6) is 0.582. The fourth-order valence-electron chi connectivity index (χ4n) is 2.60. The minimum absolute atomic E-state index is 0.0784. The molecular weight excluding hydrogens is 272 g/mol. The molecule has 1 heterocycles.